The maximum Gasteiger partial charge on any atom is 0.127 e. The summed E-state index contributed by atoms with van der Waals surface area (Å²) in [5.74, 6) is -0.157. The minimum atomic E-state index is -0.157. The number of dihydropyridines is 1. The van der Waals surface area contributed by atoms with Crippen LogP contribution in [-0.2, 0) is 6.42 Å². The molecule has 1 aromatic rings. The summed E-state index contributed by atoms with van der Waals surface area (Å²) in [7, 11) is 0. The number of rotatable bonds is 7. The molecular weight excluding hydrogens is 357 g/mol. The second-order valence-electron chi connectivity index (χ2n) is 7.88. The van der Waals surface area contributed by atoms with Crippen LogP contribution in [0.3, 0.4) is 0 Å². The normalized spacial score (nSPS) is 14.8. The molecule has 0 saturated heterocycles. The predicted octanol–water partition coefficient (Wildman–Crippen LogP) is 7.58. The summed E-state index contributed by atoms with van der Waals surface area (Å²) in [4.78, 5) is 0. The summed E-state index contributed by atoms with van der Waals surface area (Å²) in [6.45, 7) is 18.3. The van der Waals surface area contributed by atoms with Crippen molar-refractivity contribution in [1.82, 2.24) is 5.32 Å². The van der Waals surface area contributed by atoms with Crippen LogP contribution in [0, 0.1) is 5.82 Å². The van der Waals surface area contributed by atoms with Gasteiger partial charge in [-0.15, -0.1) is 0 Å². The van der Waals surface area contributed by atoms with E-state index in [-0.39, 0.29) is 5.82 Å². The average molecular weight is 390 g/mol. The lowest BCUT2D eigenvalue weighted by Crippen LogP contribution is -2.18. The lowest BCUT2D eigenvalue weighted by molar-refractivity contribution is 0.609. The molecule has 2 heteroatoms. The summed E-state index contributed by atoms with van der Waals surface area (Å²) in [5.41, 5.74) is 9.19. The van der Waals surface area contributed by atoms with Crippen molar-refractivity contribution in [3.63, 3.8) is 0 Å². The van der Waals surface area contributed by atoms with Gasteiger partial charge in [0.1, 0.15) is 5.82 Å². The minimum Gasteiger partial charge on any atom is -0.355 e. The highest BCUT2D eigenvalue weighted by Crippen LogP contribution is 2.25. The third-order valence-corrected chi connectivity index (χ3v) is 4.86. The summed E-state index contributed by atoms with van der Waals surface area (Å²) >= 11 is 0. The maximum absolute atomic E-state index is 14.2. The van der Waals surface area contributed by atoms with Crippen molar-refractivity contribution < 1.29 is 4.39 Å². The van der Waals surface area contributed by atoms with Crippen LogP contribution in [-0.4, -0.2) is 0 Å². The first-order valence-electron chi connectivity index (χ1n) is 10.0. The zero-order valence-electron chi connectivity index (χ0n) is 18.3. The zero-order chi connectivity index (χ0) is 21.6. The summed E-state index contributed by atoms with van der Waals surface area (Å²) < 4.78 is 14.2. The molecule has 0 spiro atoms. The zero-order valence-corrected chi connectivity index (χ0v) is 18.3. The van der Waals surface area contributed by atoms with Gasteiger partial charge in [-0.25, -0.2) is 4.39 Å². The molecule has 0 radical (unpaired) electrons. The van der Waals surface area contributed by atoms with E-state index in [1.54, 1.807) is 6.07 Å². The lowest BCUT2D eigenvalue weighted by Gasteiger charge is -2.22. The molecule has 0 aromatic heterocycles. The van der Waals surface area contributed by atoms with E-state index in [2.05, 4.69) is 70.5 Å². The van der Waals surface area contributed by atoms with Crippen molar-refractivity contribution in [2.75, 3.05) is 0 Å². The number of hydrogen-bond donors (Lipinski definition) is 1. The van der Waals surface area contributed by atoms with E-state index >= 15 is 0 Å². The van der Waals surface area contributed by atoms with Crippen LogP contribution >= 0.6 is 0 Å². The third-order valence-electron chi connectivity index (χ3n) is 4.86. The lowest BCUT2D eigenvalue weighted by atomic mass is 9.97. The summed E-state index contributed by atoms with van der Waals surface area (Å²) in [6.07, 6.45) is 12.0. The van der Waals surface area contributed by atoms with E-state index in [9.17, 15) is 4.39 Å². The predicted molar refractivity (Wildman–Crippen MR) is 125 cm³/mol. The van der Waals surface area contributed by atoms with E-state index < -0.39 is 0 Å². The van der Waals surface area contributed by atoms with Crippen LogP contribution < -0.4 is 5.32 Å². The van der Waals surface area contributed by atoms with Gasteiger partial charge in [-0.05, 0) is 81.9 Å². The molecule has 1 N–H and O–H groups in total. The SMILES string of the molecule is C=C1NC(/C(C)=C/C=C\CCc2ccc(C(=C)C)cc2F)=CC(C)=C1C=C(C)C. The Morgan fingerprint density at radius 3 is 2.48 bits per heavy atom. The van der Waals surface area contributed by atoms with Gasteiger partial charge in [0.25, 0.3) is 0 Å². The van der Waals surface area contributed by atoms with E-state index in [0.29, 0.717) is 6.42 Å². The van der Waals surface area contributed by atoms with Crippen LogP contribution in [0.4, 0.5) is 4.39 Å². The highest BCUT2D eigenvalue weighted by molar-refractivity contribution is 5.61. The second-order valence-corrected chi connectivity index (χ2v) is 7.88. The third kappa shape index (κ3) is 6.32. The molecular formula is C27H32FN. The molecule has 0 fully saturated rings. The molecule has 0 unspecified atom stereocenters. The Bertz CT molecular complexity index is 960. The van der Waals surface area contributed by atoms with Crippen LogP contribution in [0.2, 0.25) is 0 Å². The van der Waals surface area contributed by atoms with Crippen LogP contribution in [0.1, 0.15) is 52.2 Å². The fraction of sp³-hybridized carbons (Fsp3) is 0.259. The molecule has 1 aliphatic heterocycles. The Hall–Kier alpha value is -2.87. The van der Waals surface area contributed by atoms with Crippen molar-refractivity contribution in [2.24, 2.45) is 0 Å². The highest BCUT2D eigenvalue weighted by atomic mass is 19.1. The van der Waals surface area contributed by atoms with E-state index in [1.807, 2.05) is 25.1 Å². The molecule has 29 heavy (non-hydrogen) atoms. The number of aryl methyl sites for hydroxylation is 1. The molecule has 0 amide bonds. The second kappa shape index (κ2) is 10.1. The van der Waals surface area contributed by atoms with E-state index in [4.69, 9.17) is 0 Å². The van der Waals surface area contributed by atoms with Crippen molar-refractivity contribution in [2.45, 2.75) is 47.5 Å². The Morgan fingerprint density at radius 2 is 1.90 bits per heavy atom. The fourth-order valence-corrected chi connectivity index (χ4v) is 3.15. The van der Waals surface area contributed by atoms with E-state index in [0.717, 1.165) is 45.7 Å². The fourth-order valence-electron chi connectivity index (χ4n) is 3.15. The Kier molecular flexibility index (Phi) is 7.78. The molecule has 152 valence electrons. The Labute approximate surface area is 175 Å². The van der Waals surface area contributed by atoms with E-state index in [1.165, 1.54) is 11.1 Å². The van der Waals surface area contributed by atoms with Gasteiger partial charge in [-0.3, -0.25) is 0 Å². The van der Waals surface area contributed by atoms with Crippen molar-refractivity contribution in [1.29, 1.82) is 0 Å². The van der Waals surface area contributed by atoms with Gasteiger partial charge in [-0.2, -0.15) is 0 Å². The number of hydrogen-bond acceptors (Lipinski definition) is 1. The molecule has 2 rings (SSSR count). The van der Waals surface area contributed by atoms with Gasteiger partial charge in [-0.1, -0.05) is 60.7 Å². The molecule has 0 saturated carbocycles. The average Bonchev–Trinajstić information content (AvgIpc) is 2.64. The van der Waals surface area contributed by atoms with Gasteiger partial charge in [0.05, 0.1) is 0 Å². The van der Waals surface area contributed by atoms with Crippen molar-refractivity contribution in [3.05, 3.63) is 112 Å². The van der Waals surface area contributed by atoms with Gasteiger partial charge in [0.15, 0.2) is 0 Å². The summed E-state index contributed by atoms with van der Waals surface area (Å²) in [5, 5.41) is 3.40. The molecule has 0 bridgehead atoms. The first-order valence-corrected chi connectivity index (χ1v) is 10.0. The number of benzene rings is 1. The monoisotopic (exact) mass is 389 g/mol. The van der Waals surface area contributed by atoms with Crippen LogP contribution in [0.5, 0.6) is 0 Å². The maximum atomic E-state index is 14.2. The van der Waals surface area contributed by atoms with Crippen LogP contribution in [0.25, 0.3) is 5.57 Å². The molecule has 0 aliphatic carbocycles. The van der Waals surface area contributed by atoms with Gasteiger partial charge >= 0.3 is 0 Å². The van der Waals surface area contributed by atoms with Crippen molar-refractivity contribution in [3.8, 4) is 0 Å². The standard InChI is InChI=1S/C27H32FN/c1-18(2)15-25-21(6)16-27(29-22(25)7)20(5)11-9-8-10-12-23-13-14-24(19(3)4)17-26(23)28/h8-9,11,13-17,29H,3,7,10,12H2,1-2,4-6H3/b9-8-,20-11+. The molecule has 1 aromatic carbocycles. The largest absolute Gasteiger partial charge is 0.355 e. The first-order chi connectivity index (χ1) is 13.7. The topological polar surface area (TPSA) is 12.0 Å². The molecule has 1 nitrogen and oxygen atoms in total. The Morgan fingerprint density at radius 1 is 1.17 bits per heavy atom. The molecule has 1 aliphatic rings. The quantitative estimate of drug-likeness (QED) is 0.474. The highest BCUT2D eigenvalue weighted by Gasteiger charge is 2.12. The number of nitrogens with one attached hydrogen (secondary N) is 1. The van der Waals surface area contributed by atoms with Gasteiger partial charge in [0.2, 0.25) is 0 Å². The Balaban J connectivity index is 2.00. The van der Waals surface area contributed by atoms with Crippen LogP contribution in [0.15, 0.2) is 95.4 Å². The first kappa shape index (κ1) is 22.4. The minimum absolute atomic E-state index is 0.157. The number of halogens is 1. The smallest absolute Gasteiger partial charge is 0.127 e. The van der Waals surface area contributed by atoms with Crippen molar-refractivity contribution >= 4 is 5.57 Å². The summed E-state index contributed by atoms with van der Waals surface area (Å²) in [6, 6.07) is 5.36. The van der Waals surface area contributed by atoms with Gasteiger partial charge in [0, 0.05) is 17.0 Å². The molecule has 0 atom stereocenters. The van der Waals surface area contributed by atoms with Gasteiger partial charge < -0.3 is 5.32 Å². The number of allylic oxidation sites excluding steroid dienone is 9. The molecule has 1 heterocycles.